The van der Waals surface area contributed by atoms with Gasteiger partial charge in [-0.05, 0) is 46.8 Å². The summed E-state index contributed by atoms with van der Waals surface area (Å²) in [5.74, 6) is -0.317. The summed E-state index contributed by atoms with van der Waals surface area (Å²) in [6.45, 7) is 11.7. The second-order valence-electron chi connectivity index (χ2n) is 4.54. The van der Waals surface area contributed by atoms with Gasteiger partial charge in [0.05, 0.1) is 12.1 Å². The first kappa shape index (κ1) is 13.9. The van der Waals surface area contributed by atoms with Gasteiger partial charge in [-0.15, -0.1) is 0 Å². The van der Waals surface area contributed by atoms with E-state index in [1.807, 2.05) is 27.0 Å². The highest BCUT2D eigenvalue weighted by atomic mass is 16.5. The van der Waals surface area contributed by atoms with Crippen LogP contribution in [0.1, 0.15) is 40.5 Å². The number of esters is 1. The molecule has 0 saturated heterocycles. The van der Waals surface area contributed by atoms with E-state index in [4.69, 9.17) is 4.74 Å². The van der Waals surface area contributed by atoms with E-state index in [2.05, 4.69) is 11.6 Å². The number of ether oxygens (including phenoxy) is 1. The zero-order valence-corrected chi connectivity index (χ0v) is 10.2. The van der Waals surface area contributed by atoms with Crippen LogP contribution in [0.25, 0.3) is 0 Å². The highest BCUT2D eigenvalue weighted by Crippen LogP contribution is 2.05. The van der Waals surface area contributed by atoms with Crippen molar-refractivity contribution in [2.24, 2.45) is 4.99 Å². The standard InChI is InChI=1S/C12H21NO2/c1-10(2)11(14)15-9-7-6-8-13-12(3,4)5/h8H,1,6-7,9H2,2-5H3. The van der Waals surface area contributed by atoms with E-state index in [9.17, 15) is 4.79 Å². The predicted molar refractivity (Wildman–Crippen MR) is 63.3 cm³/mol. The van der Waals surface area contributed by atoms with E-state index in [-0.39, 0.29) is 11.5 Å². The lowest BCUT2D eigenvalue weighted by Gasteiger charge is -2.10. The molecule has 0 rings (SSSR count). The molecule has 0 aliphatic heterocycles. The number of nitrogens with zero attached hydrogens (tertiary/aromatic N) is 1. The maximum atomic E-state index is 11.0. The third kappa shape index (κ3) is 9.19. The molecule has 0 radical (unpaired) electrons. The van der Waals surface area contributed by atoms with Crippen LogP contribution in [0, 0.1) is 0 Å². The second-order valence-corrected chi connectivity index (χ2v) is 4.54. The Morgan fingerprint density at radius 2 is 2.07 bits per heavy atom. The van der Waals surface area contributed by atoms with Gasteiger partial charge in [0.1, 0.15) is 0 Å². The summed E-state index contributed by atoms with van der Waals surface area (Å²) in [6, 6.07) is 0. The Morgan fingerprint density at radius 1 is 1.47 bits per heavy atom. The molecule has 0 bridgehead atoms. The van der Waals surface area contributed by atoms with Crippen LogP contribution in [-0.2, 0) is 9.53 Å². The molecule has 0 N–H and O–H groups in total. The summed E-state index contributed by atoms with van der Waals surface area (Å²) < 4.78 is 4.94. The fourth-order valence-corrected chi connectivity index (χ4v) is 0.801. The number of carbonyl (C=O) groups excluding carboxylic acids is 1. The average Bonchev–Trinajstić information content (AvgIpc) is 2.08. The number of hydrogen-bond donors (Lipinski definition) is 0. The molecule has 3 nitrogen and oxygen atoms in total. The van der Waals surface area contributed by atoms with Gasteiger partial charge in [-0.25, -0.2) is 4.79 Å². The highest BCUT2D eigenvalue weighted by molar-refractivity contribution is 5.86. The minimum absolute atomic E-state index is 0.0195. The molecule has 0 aliphatic rings. The van der Waals surface area contributed by atoms with E-state index in [1.54, 1.807) is 6.92 Å². The Kier molecular flexibility index (Phi) is 5.90. The molecule has 0 aliphatic carbocycles. The van der Waals surface area contributed by atoms with Crippen molar-refractivity contribution in [2.75, 3.05) is 6.61 Å². The lowest BCUT2D eigenvalue weighted by Crippen LogP contribution is -2.10. The smallest absolute Gasteiger partial charge is 0.333 e. The molecular weight excluding hydrogens is 190 g/mol. The van der Waals surface area contributed by atoms with E-state index >= 15 is 0 Å². The summed E-state index contributed by atoms with van der Waals surface area (Å²) in [7, 11) is 0. The monoisotopic (exact) mass is 211 g/mol. The fraction of sp³-hybridized carbons (Fsp3) is 0.667. The Labute approximate surface area is 92.2 Å². The Morgan fingerprint density at radius 3 is 2.53 bits per heavy atom. The molecular formula is C12H21NO2. The Bertz CT molecular complexity index is 249. The first-order valence-electron chi connectivity index (χ1n) is 5.19. The van der Waals surface area contributed by atoms with Crippen LogP contribution in [0.3, 0.4) is 0 Å². The first-order chi connectivity index (χ1) is 6.83. The van der Waals surface area contributed by atoms with Crippen molar-refractivity contribution in [3.05, 3.63) is 12.2 Å². The van der Waals surface area contributed by atoms with Gasteiger partial charge in [0, 0.05) is 5.57 Å². The molecule has 0 amide bonds. The number of unbranched alkanes of at least 4 members (excludes halogenated alkanes) is 1. The highest BCUT2D eigenvalue weighted by Gasteiger charge is 2.04. The van der Waals surface area contributed by atoms with Gasteiger partial charge in [-0.2, -0.15) is 0 Å². The predicted octanol–water partition coefficient (Wildman–Crippen LogP) is 2.76. The van der Waals surface area contributed by atoms with E-state index in [0.717, 1.165) is 12.8 Å². The zero-order valence-electron chi connectivity index (χ0n) is 10.2. The maximum absolute atomic E-state index is 11.0. The third-order valence-electron chi connectivity index (χ3n) is 1.54. The molecule has 0 aromatic rings. The van der Waals surface area contributed by atoms with Gasteiger partial charge >= 0.3 is 5.97 Å². The summed E-state index contributed by atoms with van der Waals surface area (Å²) in [6.07, 6.45) is 3.52. The SMILES string of the molecule is C=C(C)C(=O)OCCCC=NC(C)(C)C. The molecule has 86 valence electrons. The number of aliphatic imine (C=N–C) groups is 1. The molecule has 3 heteroatoms. The summed E-state index contributed by atoms with van der Waals surface area (Å²) in [5, 5.41) is 0. The summed E-state index contributed by atoms with van der Waals surface area (Å²) >= 11 is 0. The lowest BCUT2D eigenvalue weighted by molar-refractivity contribution is -0.138. The van der Waals surface area contributed by atoms with Crippen molar-refractivity contribution >= 4 is 12.2 Å². The number of carbonyl (C=O) groups is 1. The molecule has 0 atom stereocenters. The van der Waals surface area contributed by atoms with Crippen LogP contribution >= 0.6 is 0 Å². The molecule has 0 aromatic carbocycles. The molecule has 0 spiro atoms. The normalized spacial score (nSPS) is 11.7. The van der Waals surface area contributed by atoms with Crippen molar-refractivity contribution in [3.8, 4) is 0 Å². The van der Waals surface area contributed by atoms with Gasteiger partial charge in [-0.1, -0.05) is 6.58 Å². The van der Waals surface area contributed by atoms with Crippen molar-refractivity contribution < 1.29 is 9.53 Å². The molecule has 15 heavy (non-hydrogen) atoms. The van der Waals surface area contributed by atoms with Gasteiger partial charge in [0.2, 0.25) is 0 Å². The van der Waals surface area contributed by atoms with E-state index < -0.39 is 0 Å². The molecule has 0 aromatic heterocycles. The van der Waals surface area contributed by atoms with Crippen LogP contribution < -0.4 is 0 Å². The van der Waals surface area contributed by atoms with Crippen LogP contribution in [0.5, 0.6) is 0 Å². The van der Waals surface area contributed by atoms with Crippen LogP contribution in [-0.4, -0.2) is 24.3 Å². The Hall–Kier alpha value is -1.12. The molecule has 0 heterocycles. The van der Waals surface area contributed by atoms with Crippen molar-refractivity contribution in [1.82, 2.24) is 0 Å². The van der Waals surface area contributed by atoms with Crippen LogP contribution in [0.15, 0.2) is 17.1 Å². The minimum Gasteiger partial charge on any atom is -0.462 e. The maximum Gasteiger partial charge on any atom is 0.333 e. The van der Waals surface area contributed by atoms with E-state index in [0.29, 0.717) is 12.2 Å². The average molecular weight is 211 g/mol. The fourth-order valence-electron chi connectivity index (χ4n) is 0.801. The topological polar surface area (TPSA) is 38.7 Å². The van der Waals surface area contributed by atoms with Gasteiger partial charge in [0.15, 0.2) is 0 Å². The summed E-state index contributed by atoms with van der Waals surface area (Å²) in [5.41, 5.74) is 0.423. The van der Waals surface area contributed by atoms with Crippen molar-refractivity contribution in [1.29, 1.82) is 0 Å². The summed E-state index contributed by atoms with van der Waals surface area (Å²) in [4.78, 5) is 15.3. The number of rotatable bonds is 5. The Balaban J connectivity index is 3.53. The van der Waals surface area contributed by atoms with Gasteiger partial charge in [0.25, 0.3) is 0 Å². The van der Waals surface area contributed by atoms with Crippen molar-refractivity contribution in [2.45, 2.75) is 46.1 Å². The molecule has 0 saturated carbocycles. The molecule has 0 fully saturated rings. The van der Waals surface area contributed by atoms with Crippen LogP contribution in [0.4, 0.5) is 0 Å². The first-order valence-corrected chi connectivity index (χ1v) is 5.19. The largest absolute Gasteiger partial charge is 0.462 e. The van der Waals surface area contributed by atoms with Crippen molar-refractivity contribution in [3.63, 3.8) is 0 Å². The number of hydrogen-bond acceptors (Lipinski definition) is 3. The minimum atomic E-state index is -0.317. The lowest BCUT2D eigenvalue weighted by atomic mass is 10.1. The van der Waals surface area contributed by atoms with Gasteiger partial charge in [-0.3, -0.25) is 4.99 Å². The third-order valence-corrected chi connectivity index (χ3v) is 1.54. The zero-order chi connectivity index (χ0) is 11.9. The van der Waals surface area contributed by atoms with Gasteiger partial charge < -0.3 is 4.74 Å². The quantitative estimate of drug-likeness (QED) is 0.303. The van der Waals surface area contributed by atoms with Crippen LogP contribution in [0.2, 0.25) is 0 Å². The van der Waals surface area contributed by atoms with E-state index in [1.165, 1.54) is 0 Å². The molecule has 0 unspecified atom stereocenters. The second kappa shape index (κ2) is 6.38.